The first kappa shape index (κ1) is 23.4. The molecular formula is C20H39BrO2Si2. The summed E-state index contributed by atoms with van der Waals surface area (Å²) in [6.07, 6.45) is 2.12. The smallest absolute Gasteiger partial charge is 0.192 e. The van der Waals surface area contributed by atoms with Crippen LogP contribution in [0, 0.1) is 0 Å². The quantitative estimate of drug-likeness (QED) is 0.418. The maximum atomic E-state index is 6.73. The van der Waals surface area contributed by atoms with E-state index in [1.165, 1.54) is 5.57 Å². The standard InChI is InChI=1S/C20H39BrO2Si2/c1-15-16(14-21)12-17(22-24(8,9)19(2,3)4)13-18(15)23-25(10,11)20(5,6)7/h14,17-18H,1,12-13H2,2-11H3/b16-14-/t17-,18-/m1/s1. The van der Waals surface area contributed by atoms with Gasteiger partial charge in [-0.2, -0.15) is 0 Å². The zero-order chi connectivity index (χ0) is 19.8. The predicted molar refractivity (Wildman–Crippen MR) is 120 cm³/mol. The summed E-state index contributed by atoms with van der Waals surface area (Å²) in [5.41, 5.74) is 2.36. The number of rotatable bonds is 4. The molecule has 0 aromatic rings. The number of hydrogen-bond acceptors (Lipinski definition) is 2. The first-order valence-electron chi connectivity index (χ1n) is 9.36. The van der Waals surface area contributed by atoms with Crippen molar-refractivity contribution in [3.8, 4) is 0 Å². The van der Waals surface area contributed by atoms with Gasteiger partial charge in [-0.05, 0) is 58.8 Å². The highest BCUT2D eigenvalue weighted by Gasteiger charge is 2.44. The van der Waals surface area contributed by atoms with Crippen LogP contribution >= 0.6 is 15.9 Å². The van der Waals surface area contributed by atoms with Crippen molar-refractivity contribution in [1.82, 2.24) is 0 Å². The lowest BCUT2D eigenvalue weighted by Crippen LogP contribution is -2.49. The van der Waals surface area contributed by atoms with Gasteiger partial charge in [0.2, 0.25) is 0 Å². The Balaban J connectivity index is 3.02. The third kappa shape index (κ3) is 5.64. The van der Waals surface area contributed by atoms with E-state index in [0.717, 1.165) is 18.4 Å². The third-order valence-electron chi connectivity index (χ3n) is 6.37. The summed E-state index contributed by atoms with van der Waals surface area (Å²) in [4.78, 5) is 2.01. The molecule has 0 amide bonds. The van der Waals surface area contributed by atoms with Crippen LogP contribution in [0.25, 0.3) is 0 Å². The van der Waals surface area contributed by atoms with E-state index in [1.54, 1.807) is 0 Å². The molecule has 0 bridgehead atoms. The lowest BCUT2D eigenvalue weighted by Gasteiger charge is -2.45. The largest absolute Gasteiger partial charge is 0.413 e. The Hall–Kier alpha value is 0.314. The molecule has 5 heteroatoms. The van der Waals surface area contributed by atoms with E-state index in [4.69, 9.17) is 8.85 Å². The molecule has 25 heavy (non-hydrogen) atoms. The fourth-order valence-corrected chi connectivity index (χ4v) is 5.65. The van der Waals surface area contributed by atoms with Crippen LogP contribution in [0.1, 0.15) is 54.4 Å². The van der Waals surface area contributed by atoms with Crippen molar-refractivity contribution < 1.29 is 8.85 Å². The minimum absolute atomic E-state index is 0.0632. The zero-order valence-electron chi connectivity index (χ0n) is 18.0. The molecule has 0 aliphatic heterocycles. The molecular weight excluding hydrogens is 408 g/mol. The van der Waals surface area contributed by atoms with Crippen molar-refractivity contribution in [3.63, 3.8) is 0 Å². The summed E-state index contributed by atoms with van der Waals surface area (Å²) in [5.74, 6) is 0. The van der Waals surface area contributed by atoms with E-state index in [-0.39, 0.29) is 22.3 Å². The first-order chi connectivity index (χ1) is 11.0. The lowest BCUT2D eigenvalue weighted by atomic mass is 9.87. The van der Waals surface area contributed by atoms with Crippen LogP contribution in [0.2, 0.25) is 36.3 Å². The molecule has 146 valence electrons. The lowest BCUT2D eigenvalue weighted by molar-refractivity contribution is 0.0971. The fourth-order valence-electron chi connectivity index (χ4n) is 2.50. The SMILES string of the molecule is C=C1/C(=C\Br)C[C@@H](O[Si](C)(C)C(C)(C)C)C[C@H]1O[Si](C)(C)C(C)(C)C. The van der Waals surface area contributed by atoms with Crippen molar-refractivity contribution in [3.05, 3.63) is 22.7 Å². The van der Waals surface area contributed by atoms with Gasteiger partial charge >= 0.3 is 0 Å². The van der Waals surface area contributed by atoms with Gasteiger partial charge < -0.3 is 8.85 Å². The molecule has 0 heterocycles. The van der Waals surface area contributed by atoms with Crippen molar-refractivity contribution in [1.29, 1.82) is 0 Å². The van der Waals surface area contributed by atoms with Crippen LogP contribution in [-0.2, 0) is 8.85 Å². The number of halogens is 1. The molecule has 0 unspecified atom stereocenters. The van der Waals surface area contributed by atoms with E-state index < -0.39 is 16.6 Å². The summed E-state index contributed by atoms with van der Waals surface area (Å²) in [6, 6.07) is 0. The van der Waals surface area contributed by atoms with Crippen LogP contribution in [0.15, 0.2) is 22.7 Å². The summed E-state index contributed by atoms with van der Waals surface area (Å²) in [7, 11) is -3.65. The van der Waals surface area contributed by atoms with E-state index in [0.29, 0.717) is 0 Å². The Morgan fingerprint density at radius 3 is 1.80 bits per heavy atom. The highest BCUT2D eigenvalue weighted by atomic mass is 79.9. The average molecular weight is 448 g/mol. The molecule has 0 saturated heterocycles. The highest BCUT2D eigenvalue weighted by Crippen LogP contribution is 2.44. The zero-order valence-corrected chi connectivity index (χ0v) is 21.6. The van der Waals surface area contributed by atoms with Gasteiger partial charge in [0.15, 0.2) is 16.6 Å². The molecule has 1 aliphatic rings. The van der Waals surface area contributed by atoms with E-state index in [2.05, 4.69) is 90.2 Å². The second-order valence-corrected chi connectivity index (χ2v) is 20.4. The summed E-state index contributed by atoms with van der Waals surface area (Å²) >= 11 is 3.53. The van der Waals surface area contributed by atoms with Gasteiger partial charge in [0, 0.05) is 6.42 Å². The maximum Gasteiger partial charge on any atom is 0.192 e. The molecule has 1 rings (SSSR count). The topological polar surface area (TPSA) is 18.5 Å². The molecule has 0 aromatic heterocycles. The van der Waals surface area contributed by atoms with Crippen molar-refractivity contribution in [2.45, 2.75) is 103 Å². The normalized spacial score (nSPS) is 25.6. The third-order valence-corrected chi connectivity index (χ3v) is 15.9. The Bertz CT molecular complexity index is 525. The predicted octanol–water partition coefficient (Wildman–Crippen LogP) is 7.40. The summed E-state index contributed by atoms with van der Waals surface area (Å²) in [5, 5.41) is 0.411. The Labute approximate surface area is 166 Å². The highest BCUT2D eigenvalue weighted by molar-refractivity contribution is 9.11. The van der Waals surface area contributed by atoms with Gasteiger partial charge in [-0.3, -0.25) is 0 Å². The van der Waals surface area contributed by atoms with Crippen molar-refractivity contribution in [2.24, 2.45) is 0 Å². The Kier molecular flexibility index (Phi) is 7.23. The van der Waals surface area contributed by atoms with E-state index in [1.807, 2.05) is 4.99 Å². The maximum absolute atomic E-state index is 6.73. The molecule has 1 saturated carbocycles. The minimum atomic E-state index is -1.85. The molecule has 1 fully saturated rings. The molecule has 0 spiro atoms. The van der Waals surface area contributed by atoms with Gasteiger partial charge in [0.25, 0.3) is 0 Å². The molecule has 2 atom stereocenters. The van der Waals surface area contributed by atoms with Crippen LogP contribution in [-0.4, -0.2) is 28.8 Å². The van der Waals surface area contributed by atoms with Gasteiger partial charge in [0.1, 0.15) is 0 Å². The van der Waals surface area contributed by atoms with Crippen LogP contribution in [0.4, 0.5) is 0 Å². The average Bonchev–Trinajstić information content (AvgIpc) is 2.38. The molecule has 0 aromatic carbocycles. The van der Waals surface area contributed by atoms with Crippen molar-refractivity contribution >= 4 is 32.6 Å². The van der Waals surface area contributed by atoms with Gasteiger partial charge in [-0.25, -0.2) is 0 Å². The Morgan fingerprint density at radius 2 is 1.40 bits per heavy atom. The molecule has 2 nitrogen and oxygen atoms in total. The van der Waals surface area contributed by atoms with Gasteiger partial charge in [-0.1, -0.05) is 64.1 Å². The monoisotopic (exact) mass is 446 g/mol. The van der Waals surface area contributed by atoms with Crippen LogP contribution in [0.5, 0.6) is 0 Å². The van der Waals surface area contributed by atoms with Gasteiger partial charge in [0.05, 0.1) is 12.2 Å². The summed E-state index contributed by atoms with van der Waals surface area (Å²) < 4.78 is 13.5. The van der Waals surface area contributed by atoms with Crippen molar-refractivity contribution in [2.75, 3.05) is 0 Å². The molecule has 0 N–H and O–H groups in total. The second kappa shape index (κ2) is 7.74. The number of hydrogen-bond donors (Lipinski definition) is 0. The van der Waals surface area contributed by atoms with Crippen LogP contribution in [0.3, 0.4) is 0 Å². The summed E-state index contributed by atoms with van der Waals surface area (Å²) in [6.45, 7) is 27.4. The van der Waals surface area contributed by atoms with E-state index in [9.17, 15) is 0 Å². The molecule has 1 aliphatic carbocycles. The van der Waals surface area contributed by atoms with Gasteiger partial charge in [-0.15, -0.1) is 0 Å². The fraction of sp³-hybridized carbons (Fsp3) is 0.800. The second-order valence-electron chi connectivity index (χ2n) is 10.5. The van der Waals surface area contributed by atoms with Crippen LogP contribution < -0.4 is 0 Å². The van der Waals surface area contributed by atoms with E-state index >= 15 is 0 Å². The Morgan fingerprint density at radius 1 is 0.960 bits per heavy atom. The first-order valence-corrected chi connectivity index (χ1v) is 16.1. The molecule has 0 radical (unpaired) electrons. The minimum Gasteiger partial charge on any atom is -0.413 e.